The Morgan fingerprint density at radius 3 is 1.95 bits per heavy atom. The van der Waals surface area contributed by atoms with Crippen molar-refractivity contribution in [2.75, 3.05) is 0 Å². The summed E-state index contributed by atoms with van der Waals surface area (Å²) < 4.78 is 0. The molecule has 112 valence electrons. The van der Waals surface area contributed by atoms with Crippen molar-refractivity contribution in [3.8, 4) is 11.3 Å². The Morgan fingerprint density at radius 2 is 1.32 bits per heavy atom. The summed E-state index contributed by atoms with van der Waals surface area (Å²) >= 11 is 0. The maximum atomic E-state index is 4.82. The first kappa shape index (κ1) is 14.8. The van der Waals surface area contributed by atoms with E-state index in [9.17, 15) is 0 Å². The van der Waals surface area contributed by atoms with E-state index in [0.29, 0.717) is 11.8 Å². The van der Waals surface area contributed by atoms with Crippen LogP contribution in [0.4, 0.5) is 0 Å². The Labute approximate surface area is 133 Å². The van der Waals surface area contributed by atoms with Crippen molar-refractivity contribution in [3.05, 3.63) is 65.7 Å². The number of hydrogen-bond donors (Lipinski definition) is 0. The van der Waals surface area contributed by atoms with Crippen LogP contribution in [0.1, 0.15) is 50.7 Å². The van der Waals surface area contributed by atoms with Crippen molar-refractivity contribution in [1.29, 1.82) is 0 Å². The van der Waals surface area contributed by atoms with Crippen LogP contribution >= 0.6 is 0 Å². The molecule has 1 nitrogen and oxygen atoms in total. The first-order valence-corrected chi connectivity index (χ1v) is 8.05. The van der Waals surface area contributed by atoms with Gasteiger partial charge in [0.05, 0.1) is 11.2 Å². The van der Waals surface area contributed by atoms with E-state index in [1.807, 2.05) is 0 Å². The number of pyridine rings is 1. The minimum atomic E-state index is 0.549. The summed E-state index contributed by atoms with van der Waals surface area (Å²) in [5.41, 5.74) is 6.02. The predicted octanol–water partition coefficient (Wildman–Crippen LogP) is 6.15. The number of aromatic nitrogens is 1. The fraction of sp³-hybridized carbons (Fsp3) is 0.286. The lowest BCUT2D eigenvalue weighted by Gasteiger charge is -2.09. The zero-order valence-corrected chi connectivity index (χ0v) is 13.8. The fourth-order valence-corrected chi connectivity index (χ4v) is 2.70. The molecule has 3 aromatic rings. The highest BCUT2D eigenvalue weighted by Gasteiger charge is 2.05. The standard InChI is InChI=1S/C21H23N/c1-14(2)16-5-7-17(8-6-16)20-12-10-19-13-18(15(3)4)9-11-21(19)22-20/h5-15H,1-4H3. The molecule has 0 atom stereocenters. The number of hydrogen-bond acceptors (Lipinski definition) is 1. The molecule has 0 N–H and O–H groups in total. The normalized spacial score (nSPS) is 11.5. The highest BCUT2D eigenvalue weighted by atomic mass is 14.7. The van der Waals surface area contributed by atoms with Crippen LogP contribution in [-0.4, -0.2) is 4.98 Å². The van der Waals surface area contributed by atoms with Gasteiger partial charge >= 0.3 is 0 Å². The fourth-order valence-electron chi connectivity index (χ4n) is 2.70. The zero-order valence-electron chi connectivity index (χ0n) is 13.8. The lowest BCUT2D eigenvalue weighted by Crippen LogP contribution is -1.91. The van der Waals surface area contributed by atoms with Gasteiger partial charge in [-0.2, -0.15) is 0 Å². The Hall–Kier alpha value is -2.15. The molecule has 0 saturated carbocycles. The van der Waals surface area contributed by atoms with Crippen LogP contribution in [0, 0.1) is 0 Å². The molecule has 22 heavy (non-hydrogen) atoms. The number of fused-ring (bicyclic) bond motifs is 1. The average Bonchev–Trinajstić information content (AvgIpc) is 2.54. The van der Waals surface area contributed by atoms with Crippen molar-refractivity contribution in [3.63, 3.8) is 0 Å². The maximum absolute atomic E-state index is 4.82. The lowest BCUT2D eigenvalue weighted by molar-refractivity contribution is 0.867. The predicted molar refractivity (Wildman–Crippen MR) is 95.4 cm³/mol. The molecule has 0 bridgehead atoms. The third-order valence-electron chi connectivity index (χ3n) is 4.25. The van der Waals surface area contributed by atoms with Gasteiger partial charge in [0.25, 0.3) is 0 Å². The molecule has 0 aliphatic carbocycles. The second-order valence-corrected chi connectivity index (χ2v) is 6.58. The Kier molecular flexibility index (Phi) is 3.98. The van der Waals surface area contributed by atoms with Crippen LogP contribution in [0.2, 0.25) is 0 Å². The summed E-state index contributed by atoms with van der Waals surface area (Å²) in [5.74, 6) is 1.11. The van der Waals surface area contributed by atoms with Gasteiger partial charge in [0.15, 0.2) is 0 Å². The van der Waals surface area contributed by atoms with E-state index in [0.717, 1.165) is 11.2 Å². The molecule has 2 aromatic carbocycles. The summed E-state index contributed by atoms with van der Waals surface area (Å²) in [5, 5.41) is 1.22. The number of rotatable bonds is 3. The van der Waals surface area contributed by atoms with E-state index in [1.54, 1.807) is 0 Å². The topological polar surface area (TPSA) is 12.9 Å². The van der Waals surface area contributed by atoms with E-state index in [4.69, 9.17) is 4.98 Å². The molecule has 1 heteroatoms. The quantitative estimate of drug-likeness (QED) is 0.563. The molecule has 3 rings (SSSR count). The molecule has 0 saturated heterocycles. The van der Waals surface area contributed by atoms with Crippen molar-refractivity contribution in [1.82, 2.24) is 4.98 Å². The minimum absolute atomic E-state index is 0.549. The number of benzene rings is 2. The molecule has 0 spiro atoms. The van der Waals surface area contributed by atoms with Gasteiger partial charge in [-0.15, -0.1) is 0 Å². The molecule has 0 aliphatic heterocycles. The van der Waals surface area contributed by atoms with Crippen molar-refractivity contribution in [2.45, 2.75) is 39.5 Å². The first-order valence-electron chi connectivity index (χ1n) is 8.05. The summed E-state index contributed by atoms with van der Waals surface area (Å²) in [7, 11) is 0. The largest absolute Gasteiger partial charge is 0.248 e. The molecule has 0 unspecified atom stereocenters. The van der Waals surface area contributed by atoms with E-state index >= 15 is 0 Å². The third kappa shape index (κ3) is 2.89. The van der Waals surface area contributed by atoms with Gasteiger partial charge in [-0.05, 0) is 41.2 Å². The van der Waals surface area contributed by atoms with Gasteiger partial charge in [0.1, 0.15) is 0 Å². The second-order valence-electron chi connectivity index (χ2n) is 6.58. The monoisotopic (exact) mass is 289 g/mol. The van der Waals surface area contributed by atoms with Gasteiger partial charge in [0.2, 0.25) is 0 Å². The summed E-state index contributed by atoms with van der Waals surface area (Å²) in [6.07, 6.45) is 0. The molecular weight excluding hydrogens is 266 g/mol. The maximum Gasteiger partial charge on any atom is 0.0709 e. The molecule has 0 amide bonds. The van der Waals surface area contributed by atoms with Gasteiger partial charge in [-0.25, -0.2) is 4.98 Å². The highest BCUT2D eigenvalue weighted by molar-refractivity contribution is 5.82. The molecule has 0 aliphatic rings. The molecule has 1 heterocycles. The van der Waals surface area contributed by atoms with Crippen molar-refractivity contribution >= 4 is 10.9 Å². The third-order valence-corrected chi connectivity index (χ3v) is 4.25. The second kappa shape index (κ2) is 5.92. The SMILES string of the molecule is CC(C)c1ccc(-c2ccc3cc(C(C)C)ccc3n2)cc1. The molecule has 0 fully saturated rings. The van der Waals surface area contributed by atoms with Crippen LogP contribution in [0.3, 0.4) is 0 Å². The van der Waals surface area contributed by atoms with Gasteiger partial charge in [-0.3, -0.25) is 0 Å². The van der Waals surface area contributed by atoms with Crippen LogP contribution in [0.25, 0.3) is 22.2 Å². The Balaban J connectivity index is 1.99. The van der Waals surface area contributed by atoms with E-state index in [2.05, 4.69) is 82.3 Å². The van der Waals surface area contributed by atoms with Gasteiger partial charge in [0, 0.05) is 10.9 Å². The molecular formula is C21H23N. The van der Waals surface area contributed by atoms with Gasteiger partial charge in [-0.1, -0.05) is 64.1 Å². The van der Waals surface area contributed by atoms with Crippen LogP contribution in [-0.2, 0) is 0 Å². The van der Waals surface area contributed by atoms with Crippen LogP contribution in [0.15, 0.2) is 54.6 Å². The smallest absolute Gasteiger partial charge is 0.0709 e. The Morgan fingerprint density at radius 1 is 0.682 bits per heavy atom. The number of nitrogens with zero attached hydrogens (tertiary/aromatic N) is 1. The average molecular weight is 289 g/mol. The van der Waals surface area contributed by atoms with Gasteiger partial charge < -0.3 is 0 Å². The summed E-state index contributed by atoms with van der Waals surface area (Å²) in [4.78, 5) is 4.82. The molecule has 1 aromatic heterocycles. The minimum Gasteiger partial charge on any atom is -0.248 e. The van der Waals surface area contributed by atoms with Crippen molar-refractivity contribution < 1.29 is 0 Å². The van der Waals surface area contributed by atoms with Crippen LogP contribution in [0.5, 0.6) is 0 Å². The van der Waals surface area contributed by atoms with E-state index in [-0.39, 0.29) is 0 Å². The van der Waals surface area contributed by atoms with Crippen molar-refractivity contribution in [2.24, 2.45) is 0 Å². The molecule has 0 radical (unpaired) electrons. The lowest BCUT2D eigenvalue weighted by atomic mass is 9.99. The van der Waals surface area contributed by atoms with E-state index in [1.165, 1.54) is 22.1 Å². The summed E-state index contributed by atoms with van der Waals surface area (Å²) in [6.45, 7) is 8.88. The zero-order chi connectivity index (χ0) is 15.7. The highest BCUT2D eigenvalue weighted by Crippen LogP contribution is 2.25. The van der Waals surface area contributed by atoms with E-state index < -0.39 is 0 Å². The van der Waals surface area contributed by atoms with Crippen LogP contribution < -0.4 is 0 Å². The first-order chi connectivity index (χ1) is 10.5. The Bertz CT molecular complexity index is 783. The summed E-state index contributed by atoms with van der Waals surface area (Å²) in [6, 6.07) is 19.6.